The fourth-order valence-corrected chi connectivity index (χ4v) is 2.58. The van der Waals surface area contributed by atoms with Crippen LogP contribution in [0.1, 0.15) is 37.7 Å². The largest absolute Gasteiger partial charge is 0.357 e. The summed E-state index contributed by atoms with van der Waals surface area (Å²) in [6.07, 6.45) is 7.09. The number of carbonyl (C=O) groups excluding carboxylic acids is 1. The number of nitrogens with one attached hydrogen (secondary N) is 2. The second-order valence-electron chi connectivity index (χ2n) is 5.55. The highest BCUT2D eigenvalue weighted by Gasteiger charge is 2.12. The van der Waals surface area contributed by atoms with Crippen molar-refractivity contribution in [3.05, 3.63) is 23.9 Å². The van der Waals surface area contributed by atoms with Crippen LogP contribution in [-0.4, -0.2) is 37.6 Å². The average Bonchev–Trinajstić information content (AvgIpc) is 2.54. The van der Waals surface area contributed by atoms with E-state index in [1.807, 2.05) is 19.3 Å². The molecule has 0 saturated carbocycles. The first-order valence-electron chi connectivity index (χ1n) is 7.91. The molecule has 1 aliphatic heterocycles. The Morgan fingerprint density at radius 3 is 2.70 bits per heavy atom. The molecule has 1 amide bonds. The minimum Gasteiger partial charge on any atom is -0.357 e. The summed E-state index contributed by atoms with van der Waals surface area (Å²) in [7, 11) is 1.90. The summed E-state index contributed by atoms with van der Waals surface area (Å²) in [5.41, 5.74) is 1.12. The molecule has 0 aromatic carbocycles. The molecule has 0 atom stereocenters. The Morgan fingerprint density at radius 1 is 1.26 bits per heavy atom. The van der Waals surface area contributed by atoms with Crippen molar-refractivity contribution in [1.29, 1.82) is 0 Å². The summed E-state index contributed by atoms with van der Waals surface area (Å²) in [6.45, 7) is 3.64. The average molecular weight is 363 g/mol. The highest BCUT2D eigenvalue weighted by atomic mass is 35.5. The van der Waals surface area contributed by atoms with E-state index in [-0.39, 0.29) is 30.7 Å². The highest BCUT2D eigenvalue weighted by Crippen LogP contribution is 2.18. The molecule has 2 rings (SSSR count). The quantitative estimate of drug-likeness (QED) is 0.731. The van der Waals surface area contributed by atoms with E-state index < -0.39 is 0 Å². The molecule has 1 aliphatic rings. The predicted octanol–water partition coefficient (Wildman–Crippen LogP) is 2.53. The van der Waals surface area contributed by atoms with E-state index in [0.717, 1.165) is 37.4 Å². The van der Waals surface area contributed by atoms with E-state index in [0.29, 0.717) is 13.0 Å². The maximum Gasteiger partial charge on any atom is 0.220 e. The zero-order valence-electron chi connectivity index (χ0n) is 13.7. The summed E-state index contributed by atoms with van der Waals surface area (Å²) < 4.78 is 0. The van der Waals surface area contributed by atoms with Gasteiger partial charge in [-0.05, 0) is 57.0 Å². The lowest BCUT2D eigenvalue weighted by Gasteiger charge is -2.27. The van der Waals surface area contributed by atoms with Gasteiger partial charge in [0, 0.05) is 32.3 Å². The van der Waals surface area contributed by atoms with Crippen molar-refractivity contribution in [2.24, 2.45) is 0 Å². The number of carbonyl (C=O) groups is 1. The van der Waals surface area contributed by atoms with E-state index in [1.54, 1.807) is 0 Å². The van der Waals surface area contributed by atoms with Crippen LogP contribution in [-0.2, 0) is 11.3 Å². The summed E-state index contributed by atoms with van der Waals surface area (Å²) in [5.74, 6) is 1.15. The van der Waals surface area contributed by atoms with Crippen LogP contribution >= 0.6 is 24.8 Å². The van der Waals surface area contributed by atoms with Gasteiger partial charge < -0.3 is 15.5 Å². The third-order valence-electron chi connectivity index (χ3n) is 3.81. The Balaban J connectivity index is 0.00000242. The van der Waals surface area contributed by atoms with E-state index in [1.165, 1.54) is 19.3 Å². The number of piperidine rings is 1. The van der Waals surface area contributed by atoms with Gasteiger partial charge in [-0.3, -0.25) is 4.79 Å². The van der Waals surface area contributed by atoms with Crippen molar-refractivity contribution < 1.29 is 4.79 Å². The molecule has 1 aromatic rings. The highest BCUT2D eigenvalue weighted by molar-refractivity contribution is 5.85. The first-order chi connectivity index (χ1) is 10.3. The number of hydrogen-bond acceptors (Lipinski definition) is 4. The molecule has 1 aromatic heterocycles. The van der Waals surface area contributed by atoms with Gasteiger partial charge >= 0.3 is 0 Å². The van der Waals surface area contributed by atoms with Gasteiger partial charge in [0.1, 0.15) is 5.82 Å². The van der Waals surface area contributed by atoms with Gasteiger partial charge in [0.05, 0.1) is 0 Å². The summed E-state index contributed by atoms with van der Waals surface area (Å²) >= 11 is 0. The Morgan fingerprint density at radius 2 is 2.00 bits per heavy atom. The Kier molecular flexibility index (Phi) is 11.8. The van der Waals surface area contributed by atoms with Crippen molar-refractivity contribution in [3.63, 3.8) is 0 Å². The predicted molar refractivity (Wildman–Crippen MR) is 99.8 cm³/mol. The standard InChI is InChI=1S/C16H26N4O.2ClH/c1-17-8-5-6-16(21)19-13-14-7-9-18-15(12-14)20-10-3-2-4-11-20;;/h7,9,12,17H,2-6,8,10-11,13H2,1H3,(H,19,21);2*1H. The van der Waals surface area contributed by atoms with E-state index in [9.17, 15) is 4.79 Å². The van der Waals surface area contributed by atoms with Crippen LogP contribution in [0.25, 0.3) is 0 Å². The maximum atomic E-state index is 11.7. The molecule has 5 nitrogen and oxygen atoms in total. The lowest BCUT2D eigenvalue weighted by Crippen LogP contribution is -2.30. The minimum atomic E-state index is 0. The van der Waals surface area contributed by atoms with Gasteiger partial charge in [-0.1, -0.05) is 0 Å². The lowest BCUT2D eigenvalue weighted by molar-refractivity contribution is -0.121. The summed E-state index contributed by atoms with van der Waals surface area (Å²) in [5, 5.41) is 6.02. The van der Waals surface area contributed by atoms with Gasteiger partial charge in [0.15, 0.2) is 0 Å². The van der Waals surface area contributed by atoms with Gasteiger partial charge in [-0.25, -0.2) is 4.98 Å². The fourth-order valence-electron chi connectivity index (χ4n) is 2.58. The lowest BCUT2D eigenvalue weighted by atomic mass is 10.1. The molecule has 0 aliphatic carbocycles. The summed E-state index contributed by atoms with van der Waals surface area (Å²) in [4.78, 5) is 18.5. The number of hydrogen-bond donors (Lipinski definition) is 2. The van der Waals surface area contributed by atoms with E-state index in [4.69, 9.17) is 0 Å². The number of nitrogens with zero attached hydrogens (tertiary/aromatic N) is 2. The van der Waals surface area contributed by atoms with Crippen LogP contribution in [0.15, 0.2) is 18.3 Å². The van der Waals surface area contributed by atoms with Crippen molar-refractivity contribution in [3.8, 4) is 0 Å². The molecule has 2 heterocycles. The second-order valence-corrected chi connectivity index (χ2v) is 5.55. The number of pyridine rings is 1. The van der Waals surface area contributed by atoms with Gasteiger partial charge in [0.25, 0.3) is 0 Å². The van der Waals surface area contributed by atoms with Crippen LogP contribution in [0.3, 0.4) is 0 Å². The molecular formula is C16H28Cl2N4O. The molecule has 2 N–H and O–H groups in total. The molecule has 0 bridgehead atoms. The van der Waals surface area contributed by atoms with Crippen LogP contribution < -0.4 is 15.5 Å². The topological polar surface area (TPSA) is 57.3 Å². The van der Waals surface area contributed by atoms with Gasteiger partial charge in [-0.15, -0.1) is 24.8 Å². The zero-order chi connectivity index (χ0) is 14.9. The normalized spacial score (nSPS) is 13.7. The molecular weight excluding hydrogens is 335 g/mol. The fraction of sp³-hybridized carbons (Fsp3) is 0.625. The molecule has 23 heavy (non-hydrogen) atoms. The van der Waals surface area contributed by atoms with Gasteiger partial charge in [-0.2, -0.15) is 0 Å². The molecule has 0 radical (unpaired) electrons. The van der Waals surface area contributed by atoms with E-state index >= 15 is 0 Å². The molecule has 7 heteroatoms. The first-order valence-corrected chi connectivity index (χ1v) is 7.91. The van der Waals surface area contributed by atoms with Gasteiger partial charge in [0.2, 0.25) is 5.91 Å². The number of aromatic nitrogens is 1. The third kappa shape index (κ3) is 7.86. The van der Waals surface area contributed by atoms with Crippen molar-refractivity contribution in [2.45, 2.75) is 38.6 Å². The number of rotatable bonds is 7. The van der Waals surface area contributed by atoms with Crippen LogP contribution in [0.2, 0.25) is 0 Å². The van der Waals surface area contributed by atoms with E-state index in [2.05, 4.69) is 26.6 Å². The van der Waals surface area contributed by atoms with Crippen LogP contribution in [0, 0.1) is 0 Å². The van der Waals surface area contributed by atoms with Crippen LogP contribution in [0.5, 0.6) is 0 Å². The molecule has 0 spiro atoms. The smallest absolute Gasteiger partial charge is 0.220 e. The third-order valence-corrected chi connectivity index (χ3v) is 3.81. The molecule has 0 unspecified atom stereocenters. The monoisotopic (exact) mass is 362 g/mol. The number of anilines is 1. The maximum absolute atomic E-state index is 11.7. The molecule has 1 fully saturated rings. The van der Waals surface area contributed by atoms with Crippen LogP contribution in [0.4, 0.5) is 5.82 Å². The zero-order valence-corrected chi connectivity index (χ0v) is 15.3. The molecule has 132 valence electrons. The Hall–Kier alpha value is -1.04. The number of amides is 1. The number of halogens is 2. The minimum absolute atomic E-state index is 0. The molecule has 1 saturated heterocycles. The van der Waals surface area contributed by atoms with Crippen molar-refractivity contribution in [2.75, 3.05) is 31.6 Å². The Labute approximate surface area is 151 Å². The Bertz CT molecular complexity index is 453. The SMILES string of the molecule is CNCCCC(=O)NCc1ccnc(N2CCCCC2)c1.Cl.Cl. The summed E-state index contributed by atoms with van der Waals surface area (Å²) in [6, 6.07) is 4.07. The second kappa shape index (κ2) is 12.4. The first kappa shape index (κ1) is 22.0. The van der Waals surface area contributed by atoms with Crippen molar-refractivity contribution in [1.82, 2.24) is 15.6 Å². The van der Waals surface area contributed by atoms with Crippen molar-refractivity contribution >= 4 is 36.5 Å².